The average Bonchev–Trinajstić information content (AvgIpc) is 2.44. The highest BCUT2D eigenvalue weighted by molar-refractivity contribution is 6.29. The molecule has 0 aliphatic heterocycles. The molecule has 24 heavy (non-hydrogen) atoms. The van der Waals surface area contributed by atoms with Gasteiger partial charge in [0, 0.05) is 23.9 Å². The molecule has 1 heterocycles. The van der Waals surface area contributed by atoms with Gasteiger partial charge < -0.3 is 10.4 Å². The number of nitrogens with zero attached hydrogens (tertiary/aromatic N) is 1. The number of carboxylic acid groups (broad SMARTS) is 1. The zero-order chi connectivity index (χ0) is 19.1. The number of amides is 1. The van der Waals surface area contributed by atoms with E-state index in [4.69, 9.17) is 21.5 Å². The molecule has 0 aliphatic carbocycles. The van der Waals surface area contributed by atoms with Crippen LogP contribution in [0, 0.1) is 6.92 Å². The summed E-state index contributed by atoms with van der Waals surface area (Å²) in [5, 5.41) is 9.57. The molecule has 1 amide bonds. The number of carboxylic acids is 1. The monoisotopic (exact) mass is 372 g/mol. The van der Waals surface area contributed by atoms with E-state index in [9.17, 15) is 22.4 Å². The highest BCUT2D eigenvalue weighted by atomic mass is 35.5. The summed E-state index contributed by atoms with van der Waals surface area (Å²) in [5.74, 6) is -3.57. The number of alkyl halides is 5. The van der Waals surface area contributed by atoms with Crippen LogP contribution in [0.3, 0.4) is 0 Å². The third kappa shape index (κ3) is 8.09. The van der Waals surface area contributed by atoms with Gasteiger partial charge in [0.15, 0.2) is 0 Å². The molecule has 0 aromatic carbocycles. The standard InChI is InChI=1S/C12H16ClFN2O.C2HF3O2/c1-8-4-5-9(15-6-8)12(2,3)7-16-11(17)10(13)14;3-2(4,5)1(6)7/h4-6,10H,7H2,1-3H3,(H,16,17);(H,6,7). The summed E-state index contributed by atoms with van der Waals surface area (Å²) in [7, 11) is 0. The molecule has 0 fully saturated rings. The largest absolute Gasteiger partial charge is 0.490 e. The van der Waals surface area contributed by atoms with E-state index in [-0.39, 0.29) is 12.0 Å². The Morgan fingerprint density at radius 2 is 1.83 bits per heavy atom. The Morgan fingerprint density at radius 3 is 2.17 bits per heavy atom. The fraction of sp³-hybridized carbons (Fsp3) is 0.500. The summed E-state index contributed by atoms with van der Waals surface area (Å²) in [6.07, 6.45) is -3.32. The molecule has 1 atom stereocenters. The van der Waals surface area contributed by atoms with Crippen molar-refractivity contribution in [3.8, 4) is 0 Å². The van der Waals surface area contributed by atoms with Crippen LogP contribution < -0.4 is 5.32 Å². The Hall–Kier alpha value is -1.90. The van der Waals surface area contributed by atoms with Crippen molar-refractivity contribution in [1.82, 2.24) is 10.3 Å². The maximum absolute atomic E-state index is 12.5. The average molecular weight is 373 g/mol. The molecule has 1 aromatic heterocycles. The van der Waals surface area contributed by atoms with Gasteiger partial charge in [-0.1, -0.05) is 31.5 Å². The van der Waals surface area contributed by atoms with Gasteiger partial charge in [-0.05, 0) is 18.6 Å². The second-order valence-corrected chi connectivity index (χ2v) is 5.81. The van der Waals surface area contributed by atoms with Crippen molar-refractivity contribution in [3.05, 3.63) is 29.6 Å². The highest BCUT2D eigenvalue weighted by Gasteiger charge is 2.38. The fourth-order valence-electron chi connectivity index (χ4n) is 1.34. The third-order valence-electron chi connectivity index (χ3n) is 2.75. The van der Waals surface area contributed by atoms with Crippen molar-refractivity contribution < 1.29 is 32.3 Å². The summed E-state index contributed by atoms with van der Waals surface area (Å²) in [5.41, 5.74) is -0.460. The number of carbonyl (C=O) groups is 2. The molecule has 0 bridgehead atoms. The van der Waals surface area contributed by atoms with Crippen LogP contribution in [0.2, 0.25) is 0 Å². The van der Waals surface area contributed by atoms with E-state index in [0.717, 1.165) is 11.3 Å². The van der Waals surface area contributed by atoms with Gasteiger partial charge in [-0.25, -0.2) is 9.18 Å². The van der Waals surface area contributed by atoms with E-state index in [1.54, 1.807) is 6.20 Å². The first kappa shape index (κ1) is 22.1. The molecule has 0 saturated carbocycles. The van der Waals surface area contributed by atoms with Crippen LogP contribution in [-0.4, -0.2) is 40.3 Å². The zero-order valence-corrected chi connectivity index (χ0v) is 13.9. The smallest absolute Gasteiger partial charge is 0.475 e. The number of hydrogen-bond acceptors (Lipinski definition) is 3. The Kier molecular flexibility index (Phi) is 8.12. The molecule has 0 aliphatic rings. The summed E-state index contributed by atoms with van der Waals surface area (Å²) in [6, 6.07) is 3.85. The van der Waals surface area contributed by atoms with Gasteiger partial charge in [-0.15, -0.1) is 0 Å². The maximum atomic E-state index is 12.5. The van der Waals surface area contributed by atoms with E-state index in [0.29, 0.717) is 0 Å². The lowest BCUT2D eigenvalue weighted by atomic mass is 9.88. The molecule has 0 saturated heterocycles. The lowest BCUT2D eigenvalue weighted by Gasteiger charge is -2.24. The molecule has 1 rings (SSSR count). The van der Waals surface area contributed by atoms with Crippen molar-refractivity contribution in [1.29, 1.82) is 0 Å². The van der Waals surface area contributed by atoms with E-state index in [1.807, 2.05) is 32.9 Å². The molecule has 2 N–H and O–H groups in total. The summed E-state index contributed by atoms with van der Waals surface area (Å²) < 4.78 is 44.2. The zero-order valence-electron chi connectivity index (χ0n) is 13.1. The molecule has 5 nitrogen and oxygen atoms in total. The van der Waals surface area contributed by atoms with Crippen LogP contribution in [0.25, 0.3) is 0 Å². The van der Waals surface area contributed by atoms with Crippen molar-refractivity contribution >= 4 is 23.5 Å². The van der Waals surface area contributed by atoms with E-state index < -0.39 is 23.7 Å². The van der Waals surface area contributed by atoms with Crippen molar-refractivity contribution in [2.24, 2.45) is 0 Å². The minimum absolute atomic E-state index is 0.287. The topological polar surface area (TPSA) is 79.3 Å². The fourth-order valence-corrected chi connectivity index (χ4v) is 1.42. The minimum Gasteiger partial charge on any atom is -0.475 e. The normalized spacial score (nSPS) is 12.7. The van der Waals surface area contributed by atoms with Crippen molar-refractivity contribution in [2.45, 2.75) is 38.0 Å². The Bertz CT molecular complexity index is 560. The Labute approximate surface area is 141 Å². The van der Waals surface area contributed by atoms with Crippen LogP contribution in [0.4, 0.5) is 17.6 Å². The predicted octanol–water partition coefficient (Wildman–Crippen LogP) is 2.95. The van der Waals surface area contributed by atoms with Crippen LogP contribution in [0.1, 0.15) is 25.1 Å². The lowest BCUT2D eigenvalue weighted by molar-refractivity contribution is -0.192. The Balaban J connectivity index is 0.000000640. The van der Waals surface area contributed by atoms with Crippen LogP contribution in [0.5, 0.6) is 0 Å². The quantitative estimate of drug-likeness (QED) is 0.629. The highest BCUT2D eigenvalue weighted by Crippen LogP contribution is 2.20. The second-order valence-electron chi connectivity index (χ2n) is 5.43. The number of rotatable bonds is 4. The molecule has 0 spiro atoms. The SMILES string of the molecule is Cc1ccc(C(C)(C)CNC(=O)C(F)Cl)nc1.O=C(O)C(F)(F)F. The molecular formula is C14H17ClF4N2O3. The summed E-state index contributed by atoms with van der Waals surface area (Å²) >= 11 is 5.03. The molecule has 0 radical (unpaired) electrons. The van der Waals surface area contributed by atoms with Gasteiger partial charge in [-0.3, -0.25) is 9.78 Å². The number of nitrogens with one attached hydrogen (secondary N) is 1. The van der Waals surface area contributed by atoms with Crippen LogP contribution in [0.15, 0.2) is 18.3 Å². The van der Waals surface area contributed by atoms with Crippen LogP contribution >= 0.6 is 11.6 Å². The summed E-state index contributed by atoms with van der Waals surface area (Å²) in [6.45, 7) is 6.08. The predicted molar refractivity (Wildman–Crippen MR) is 79.4 cm³/mol. The van der Waals surface area contributed by atoms with Crippen molar-refractivity contribution in [2.75, 3.05) is 6.54 Å². The Morgan fingerprint density at radius 1 is 1.33 bits per heavy atom. The van der Waals surface area contributed by atoms with Gasteiger partial charge >= 0.3 is 12.1 Å². The lowest BCUT2D eigenvalue weighted by Crippen LogP contribution is -2.39. The number of halogens is 5. The van der Waals surface area contributed by atoms with E-state index in [2.05, 4.69) is 10.3 Å². The van der Waals surface area contributed by atoms with Crippen molar-refractivity contribution in [3.63, 3.8) is 0 Å². The number of pyridine rings is 1. The molecular weight excluding hydrogens is 356 g/mol. The molecule has 1 unspecified atom stereocenters. The molecule has 136 valence electrons. The van der Waals surface area contributed by atoms with Crippen LogP contribution in [-0.2, 0) is 15.0 Å². The van der Waals surface area contributed by atoms with Gasteiger partial charge in [0.2, 0.25) is 0 Å². The number of hydrogen-bond donors (Lipinski definition) is 2. The molecule has 10 heteroatoms. The number of aryl methyl sites for hydroxylation is 1. The summed E-state index contributed by atoms with van der Waals surface area (Å²) in [4.78, 5) is 24.2. The van der Waals surface area contributed by atoms with Gasteiger partial charge in [0.1, 0.15) is 0 Å². The number of carbonyl (C=O) groups excluding carboxylic acids is 1. The van der Waals surface area contributed by atoms with Gasteiger partial charge in [-0.2, -0.15) is 13.2 Å². The second kappa shape index (κ2) is 8.81. The van der Waals surface area contributed by atoms with E-state index in [1.165, 1.54) is 0 Å². The van der Waals surface area contributed by atoms with E-state index >= 15 is 0 Å². The first-order valence-electron chi connectivity index (χ1n) is 6.56. The first-order chi connectivity index (χ1) is 10.8. The maximum Gasteiger partial charge on any atom is 0.490 e. The number of aromatic nitrogens is 1. The molecule has 1 aromatic rings. The first-order valence-corrected chi connectivity index (χ1v) is 7.00. The van der Waals surface area contributed by atoms with Gasteiger partial charge in [0.05, 0.1) is 0 Å². The number of aliphatic carboxylic acids is 1. The third-order valence-corrected chi connectivity index (χ3v) is 2.95. The van der Waals surface area contributed by atoms with Gasteiger partial charge in [0.25, 0.3) is 11.5 Å². The minimum atomic E-state index is -5.08.